The quantitative estimate of drug-likeness (QED) is 0.0875. The van der Waals surface area contributed by atoms with Crippen molar-refractivity contribution in [2.45, 2.75) is 44.9 Å². The second kappa shape index (κ2) is 14.2. The zero-order valence-electron chi connectivity index (χ0n) is 29.0. The van der Waals surface area contributed by atoms with Crippen LogP contribution in [0.15, 0.2) is 115 Å². The molecule has 2 N–H and O–H groups in total. The number of rotatable bonds is 10. The van der Waals surface area contributed by atoms with Crippen molar-refractivity contribution in [3.63, 3.8) is 0 Å². The Morgan fingerprint density at radius 2 is 1.37 bits per heavy atom. The minimum absolute atomic E-state index is 0.00553. The van der Waals surface area contributed by atoms with Gasteiger partial charge in [-0.15, -0.1) is 0 Å². The molecule has 1 aliphatic heterocycles. The number of esters is 1. The van der Waals surface area contributed by atoms with E-state index in [1.807, 2.05) is 60.7 Å². The first-order chi connectivity index (χ1) is 24.9. The van der Waals surface area contributed by atoms with Crippen LogP contribution < -0.4 is 9.96 Å². The topological polar surface area (TPSA) is 145 Å². The van der Waals surface area contributed by atoms with Gasteiger partial charge in [-0.25, -0.2) is 19.2 Å². The van der Waals surface area contributed by atoms with Crippen molar-refractivity contribution >= 4 is 51.9 Å². The largest absolute Gasteiger partial charge is 0.480 e. The van der Waals surface area contributed by atoms with Gasteiger partial charge in [-0.3, -0.25) is 4.79 Å². The van der Waals surface area contributed by atoms with E-state index in [-0.39, 0.29) is 28.9 Å². The van der Waals surface area contributed by atoms with Crippen molar-refractivity contribution in [1.82, 2.24) is 9.96 Å². The molecule has 1 aliphatic rings. The number of aliphatic carboxylic acids is 1. The number of hydrogen-bond acceptors (Lipinski definition) is 8. The molecule has 5 aromatic carbocycles. The number of nitrogens with one attached hydrogen (secondary N) is 1. The molecule has 0 spiro atoms. The SMILES string of the molecule is COC(=O)NC(Cc1ccc([N+]2(OC(C)(C)C)C(=O)C(=O)c3cccc(C(=O)OC(c4ccccc4)c4ccccc4)c32)c2ccccc12)C(=O)O. The summed E-state index contributed by atoms with van der Waals surface area (Å²) in [6.45, 7) is 5.20. The standard InChI is InChI=1S/C41H36N2O9/c1-41(2,3)52-43(33-23-22-27(28-18-11-12-19-29(28)33)24-32(38(46)47)42-40(49)50-4)34-30(35(44)37(43)45)20-13-21-31(34)39(48)51-36(25-14-7-5-8-15-25)26-16-9-6-10-17-26/h5-23,32,36H,24H2,1-4H3,(H-,42,46,47,49)/p+1. The molecule has 52 heavy (non-hydrogen) atoms. The number of hydroxylamine groups is 1. The average Bonchev–Trinajstić information content (AvgIpc) is 3.35. The van der Waals surface area contributed by atoms with E-state index in [0.29, 0.717) is 16.3 Å². The lowest BCUT2D eigenvalue weighted by Crippen LogP contribution is -2.53. The van der Waals surface area contributed by atoms with E-state index in [1.54, 1.807) is 57.2 Å². The Morgan fingerprint density at radius 3 is 1.94 bits per heavy atom. The van der Waals surface area contributed by atoms with E-state index in [2.05, 4.69) is 10.1 Å². The number of carboxylic acids is 1. The number of ketones is 1. The van der Waals surface area contributed by atoms with Crippen molar-refractivity contribution in [3.8, 4) is 0 Å². The Balaban J connectivity index is 1.55. The van der Waals surface area contributed by atoms with Crippen LogP contribution in [0.5, 0.6) is 0 Å². The van der Waals surface area contributed by atoms with Crippen LogP contribution in [0.25, 0.3) is 10.8 Å². The van der Waals surface area contributed by atoms with E-state index in [1.165, 1.54) is 18.2 Å². The molecular weight excluding hydrogens is 664 g/mol. The number of hydrogen-bond donors (Lipinski definition) is 2. The van der Waals surface area contributed by atoms with E-state index >= 15 is 0 Å². The van der Waals surface area contributed by atoms with Gasteiger partial charge in [0.05, 0.1) is 12.7 Å². The summed E-state index contributed by atoms with van der Waals surface area (Å²) in [6.07, 6.45) is -1.85. The normalized spacial score (nSPS) is 16.0. The number of carboxylic acid groups (broad SMARTS) is 1. The summed E-state index contributed by atoms with van der Waals surface area (Å²) >= 11 is 0. The molecule has 0 bridgehead atoms. The van der Waals surface area contributed by atoms with Crippen LogP contribution in [0.2, 0.25) is 0 Å². The highest BCUT2D eigenvalue weighted by molar-refractivity contribution is 6.51. The highest BCUT2D eigenvalue weighted by atomic mass is 16.7. The highest BCUT2D eigenvalue weighted by Gasteiger charge is 2.62. The lowest BCUT2D eigenvalue weighted by molar-refractivity contribution is -0.190. The van der Waals surface area contributed by atoms with Gasteiger partial charge in [0.2, 0.25) is 5.69 Å². The van der Waals surface area contributed by atoms with Crippen LogP contribution in [-0.4, -0.2) is 53.6 Å². The molecule has 0 saturated heterocycles. The van der Waals surface area contributed by atoms with Gasteiger partial charge in [-0.1, -0.05) is 91.0 Å². The third-order valence-corrected chi connectivity index (χ3v) is 8.67. The summed E-state index contributed by atoms with van der Waals surface area (Å²) in [7, 11) is 1.14. The second-order valence-corrected chi connectivity index (χ2v) is 13.3. The van der Waals surface area contributed by atoms with Crippen LogP contribution in [0.1, 0.15) is 64.3 Å². The van der Waals surface area contributed by atoms with Crippen molar-refractivity contribution in [2.24, 2.45) is 0 Å². The number of quaternary nitrogens is 1. The average molecular weight is 702 g/mol. The molecule has 2 unspecified atom stereocenters. The summed E-state index contributed by atoms with van der Waals surface area (Å²) in [5.41, 5.74) is 1.08. The first-order valence-electron chi connectivity index (χ1n) is 16.6. The summed E-state index contributed by atoms with van der Waals surface area (Å²) in [6, 6.07) is 31.8. The smallest absolute Gasteiger partial charge is 0.429 e. The van der Waals surface area contributed by atoms with Gasteiger partial charge < -0.3 is 19.9 Å². The van der Waals surface area contributed by atoms with Gasteiger partial charge in [0.1, 0.15) is 17.2 Å². The summed E-state index contributed by atoms with van der Waals surface area (Å²) in [5, 5.41) is 13.2. The summed E-state index contributed by atoms with van der Waals surface area (Å²) in [4.78, 5) is 73.7. The summed E-state index contributed by atoms with van der Waals surface area (Å²) < 4.78 is 9.78. The number of fused-ring (bicyclic) bond motifs is 2. The van der Waals surface area contributed by atoms with Gasteiger partial charge in [0.25, 0.3) is 5.78 Å². The monoisotopic (exact) mass is 701 g/mol. The van der Waals surface area contributed by atoms with Gasteiger partial charge in [0, 0.05) is 17.9 Å². The van der Waals surface area contributed by atoms with Gasteiger partial charge in [-0.2, -0.15) is 4.84 Å². The Hall–Kier alpha value is -6.17. The molecule has 0 fully saturated rings. The molecule has 6 rings (SSSR count). The molecule has 2 atom stereocenters. The number of carbonyl (C=O) groups is 5. The first-order valence-corrected chi connectivity index (χ1v) is 16.6. The van der Waals surface area contributed by atoms with Crippen molar-refractivity contribution in [3.05, 3.63) is 143 Å². The van der Waals surface area contributed by atoms with Gasteiger partial charge >= 0.3 is 23.9 Å². The number of nitrogens with zero attached hydrogens (tertiary/aromatic N) is 1. The maximum atomic E-state index is 14.6. The van der Waals surface area contributed by atoms with E-state index < -0.39 is 52.1 Å². The molecule has 1 heterocycles. The molecule has 11 heteroatoms. The molecule has 5 aromatic rings. The van der Waals surface area contributed by atoms with Crippen molar-refractivity contribution < 1.29 is 43.4 Å². The molecule has 264 valence electrons. The molecule has 0 radical (unpaired) electrons. The molecule has 0 saturated carbocycles. The highest BCUT2D eigenvalue weighted by Crippen LogP contribution is 2.50. The van der Waals surface area contributed by atoms with Gasteiger partial charge in [-0.05, 0) is 65.7 Å². The van der Waals surface area contributed by atoms with Crippen molar-refractivity contribution in [2.75, 3.05) is 7.11 Å². The molecule has 0 aromatic heterocycles. The lowest BCUT2D eigenvalue weighted by atomic mass is 9.96. The molecular formula is C41H37N2O9+. The maximum absolute atomic E-state index is 14.6. The fourth-order valence-corrected chi connectivity index (χ4v) is 6.54. The zero-order chi connectivity index (χ0) is 37.2. The second-order valence-electron chi connectivity index (χ2n) is 13.3. The number of ether oxygens (including phenoxy) is 2. The molecule has 11 nitrogen and oxygen atoms in total. The minimum Gasteiger partial charge on any atom is -0.480 e. The summed E-state index contributed by atoms with van der Waals surface area (Å²) in [5.74, 6) is -3.85. The first kappa shape index (κ1) is 35.6. The molecule has 0 aliphatic carbocycles. The fourth-order valence-electron chi connectivity index (χ4n) is 6.54. The number of para-hydroxylation sites is 1. The zero-order valence-corrected chi connectivity index (χ0v) is 29.0. The van der Waals surface area contributed by atoms with E-state index in [0.717, 1.165) is 18.2 Å². The number of methoxy groups -OCH3 is 1. The predicted octanol–water partition coefficient (Wildman–Crippen LogP) is 7.23. The van der Waals surface area contributed by atoms with E-state index in [4.69, 9.17) is 9.57 Å². The van der Waals surface area contributed by atoms with Crippen LogP contribution in [0, 0.1) is 0 Å². The van der Waals surface area contributed by atoms with E-state index in [9.17, 15) is 29.1 Å². The minimum atomic E-state index is -1.34. The number of carbonyl (C=O) groups excluding carboxylic acids is 4. The maximum Gasteiger partial charge on any atom is 0.429 e. The predicted molar refractivity (Wildman–Crippen MR) is 193 cm³/mol. The van der Waals surface area contributed by atoms with Crippen LogP contribution in [0.4, 0.5) is 16.2 Å². The number of amides is 2. The fraction of sp³-hybridized carbons (Fsp3) is 0.195. The molecule has 2 amide bonds. The number of alkyl carbamates (subject to hydrolysis) is 1. The Morgan fingerprint density at radius 1 is 0.769 bits per heavy atom. The van der Waals surface area contributed by atoms with Gasteiger partial charge in [0.15, 0.2) is 11.8 Å². The Labute approximate surface area is 299 Å². The third kappa shape index (κ3) is 6.67. The van der Waals surface area contributed by atoms with Crippen LogP contribution in [0.3, 0.4) is 0 Å². The Kier molecular flexibility index (Phi) is 9.75. The number of Topliss-reactive ketones (excluding diaryl/α,β-unsaturated/α-hetero) is 1. The Bertz CT molecular complexity index is 2160. The third-order valence-electron chi connectivity index (χ3n) is 8.67. The number of benzene rings is 5. The lowest BCUT2D eigenvalue weighted by Gasteiger charge is -2.35. The van der Waals surface area contributed by atoms with Crippen molar-refractivity contribution in [1.29, 1.82) is 0 Å². The van der Waals surface area contributed by atoms with Crippen LogP contribution in [-0.2, 0) is 30.3 Å². The van der Waals surface area contributed by atoms with Crippen LogP contribution >= 0.6 is 0 Å².